The number of carboxylic acid groups (broad SMARTS) is 1. The minimum absolute atomic E-state index is 0.193. The largest absolute Gasteiger partial charge is 0.497 e. The van der Waals surface area contributed by atoms with Crippen molar-refractivity contribution in [3.63, 3.8) is 0 Å². The Labute approximate surface area is 94.8 Å². The molecule has 1 aromatic carbocycles. The molecule has 1 rings (SSSR count). The van der Waals surface area contributed by atoms with Crippen LogP contribution in [-0.2, 0) is 4.79 Å². The van der Waals surface area contributed by atoms with Gasteiger partial charge >= 0.3 is 5.97 Å². The molecule has 0 aliphatic rings. The normalized spacial score (nSPS) is 11.9. The summed E-state index contributed by atoms with van der Waals surface area (Å²) in [5, 5.41) is 8.83. The van der Waals surface area contributed by atoms with Crippen LogP contribution < -0.4 is 9.47 Å². The number of carbonyl (C=O) groups is 1. The third kappa shape index (κ3) is 3.46. The molecular formula is C12H16O4. The maximum Gasteiger partial charge on any atom is 0.309 e. The van der Waals surface area contributed by atoms with Gasteiger partial charge in [-0.25, -0.2) is 0 Å². The number of methoxy groups -OCH3 is 1. The molecule has 0 aliphatic heterocycles. The molecule has 1 unspecified atom stereocenters. The van der Waals surface area contributed by atoms with Crippen LogP contribution in [0.2, 0.25) is 0 Å². The Morgan fingerprint density at radius 3 is 2.31 bits per heavy atom. The van der Waals surface area contributed by atoms with Gasteiger partial charge in [-0.1, -0.05) is 6.92 Å². The van der Waals surface area contributed by atoms with Gasteiger partial charge in [0.05, 0.1) is 13.0 Å². The Hall–Kier alpha value is -1.71. The summed E-state index contributed by atoms with van der Waals surface area (Å²) in [5.74, 6) is 0.122. The van der Waals surface area contributed by atoms with Gasteiger partial charge in [0.25, 0.3) is 0 Å². The summed E-state index contributed by atoms with van der Waals surface area (Å²) in [7, 11) is 1.59. The Bertz CT molecular complexity index is 331. The van der Waals surface area contributed by atoms with Crippen molar-refractivity contribution >= 4 is 5.97 Å². The molecule has 1 atom stereocenters. The number of carboxylic acids is 1. The van der Waals surface area contributed by atoms with Crippen molar-refractivity contribution < 1.29 is 19.4 Å². The average molecular weight is 224 g/mol. The summed E-state index contributed by atoms with van der Waals surface area (Å²) in [6, 6.07) is 7.06. The summed E-state index contributed by atoms with van der Waals surface area (Å²) in [5.41, 5.74) is 0. The standard InChI is InChI=1S/C12H16O4/c1-3-9(12(13)14)8-16-11-6-4-10(15-2)5-7-11/h4-7,9H,3,8H2,1-2H3,(H,13,14). The van der Waals surface area contributed by atoms with Crippen LogP contribution in [-0.4, -0.2) is 24.8 Å². The van der Waals surface area contributed by atoms with Gasteiger partial charge in [0.2, 0.25) is 0 Å². The average Bonchev–Trinajstić information content (AvgIpc) is 2.30. The van der Waals surface area contributed by atoms with Gasteiger partial charge in [-0.2, -0.15) is 0 Å². The summed E-state index contributed by atoms with van der Waals surface area (Å²) in [6.45, 7) is 2.02. The Morgan fingerprint density at radius 2 is 1.88 bits per heavy atom. The van der Waals surface area contributed by atoms with Crippen LogP contribution in [0.4, 0.5) is 0 Å². The lowest BCUT2D eigenvalue weighted by molar-refractivity contribution is -0.142. The molecule has 0 heterocycles. The minimum Gasteiger partial charge on any atom is -0.497 e. The van der Waals surface area contributed by atoms with E-state index in [0.29, 0.717) is 12.2 Å². The molecule has 0 saturated carbocycles. The van der Waals surface area contributed by atoms with Gasteiger partial charge < -0.3 is 14.6 Å². The van der Waals surface area contributed by atoms with Crippen LogP contribution in [0, 0.1) is 5.92 Å². The lowest BCUT2D eigenvalue weighted by Crippen LogP contribution is -2.20. The summed E-state index contributed by atoms with van der Waals surface area (Å²) in [4.78, 5) is 10.8. The summed E-state index contributed by atoms with van der Waals surface area (Å²) in [6.07, 6.45) is 0.561. The van der Waals surface area contributed by atoms with E-state index in [1.807, 2.05) is 6.92 Å². The van der Waals surface area contributed by atoms with Gasteiger partial charge in [-0.05, 0) is 30.7 Å². The topological polar surface area (TPSA) is 55.8 Å². The van der Waals surface area contributed by atoms with Crippen LogP contribution in [0.25, 0.3) is 0 Å². The summed E-state index contributed by atoms with van der Waals surface area (Å²) >= 11 is 0. The van der Waals surface area contributed by atoms with Crippen LogP contribution in [0.3, 0.4) is 0 Å². The molecular weight excluding hydrogens is 208 g/mol. The summed E-state index contributed by atoms with van der Waals surface area (Å²) < 4.78 is 10.4. The van der Waals surface area contributed by atoms with Crippen molar-refractivity contribution in [2.45, 2.75) is 13.3 Å². The molecule has 1 N–H and O–H groups in total. The molecule has 88 valence electrons. The zero-order valence-electron chi connectivity index (χ0n) is 9.47. The number of ether oxygens (including phenoxy) is 2. The van der Waals surface area contributed by atoms with Gasteiger partial charge in [0.1, 0.15) is 18.1 Å². The molecule has 1 aromatic rings. The van der Waals surface area contributed by atoms with E-state index in [4.69, 9.17) is 14.6 Å². The van der Waals surface area contributed by atoms with E-state index in [1.165, 1.54) is 0 Å². The number of benzene rings is 1. The van der Waals surface area contributed by atoms with Crippen molar-refractivity contribution in [1.82, 2.24) is 0 Å². The molecule has 0 aliphatic carbocycles. The van der Waals surface area contributed by atoms with Crippen molar-refractivity contribution in [2.24, 2.45) is 5.92 Å². The number of aliphatic carboxylic acids is 1. The number of hydrogen-bond acceptors (Lipinski definition) is 3. The van der Waals surface area contributed by atoms with Gasteiger partial charge in [-0.15, -0.1) is 0 Å². The third-order valence-corrected chi connectivity index (χ3v) is 2.35. The van der Waals surface area contributed by atoms with Crippen molar-refractivity contribution in [3.05, 3.63) is 24.3 Å². The van der Waals surface area contributed by atoms with E-state index in [1.54, 1.807) is 31.4 Å². The molecule has 4 heteroatoms. The highest BCUT2D eigenvalue weighted by molar-refractivity contribution is 5.70. The highest BCUT2D eigenvalue weighted by Gasteiger charge is 2.15. The predicted molar refractivity (Wildman–Crippen MR) is 59.9 cm³/mol. The Morgan fingerprint density at radius 1 is 1.31 bits per heavy atom. The second kappa shape index (κ2) is 6.00. The quantitative estimate of drug-likeness (QED) is 0.804. The van der Waals surface area contributed by atoms with Crippen LogP contribution in [0.1, 0.15) is 13.3 Å². The van der Waals surface area contributed by atoms with Crippen molar-refractivity contribution in [2.75, 3.05) is 13.7 Å². The molecule has 0 fully saturated rings. The molecule has 4 nitrogen and oxygen atoms in total. The molecule has 0 radical (unpaired) electrons. The maximum atomic E-state index is 10.8. The number of hydrogen-bond donors (Lipinski definition) is 1. The fraction of sp³-hybridized carbons (Fsp3) is 0.417. The van der Waals surface area contributed by atoms with E-state index in [0.717, 1.165) is 5.75 Å². The fourth-order valence-corrected chi connectivity index (χ4v) is 1.23. The molecule has 0 bridgehead atoms. The first kappa shape index (κ1) is 12.4. The smallest absolute Gasteiger partial charge is 0.309 e. The monoisotopic (exact) mass is 224 g/mol. The Kier molecular flexibility index (Phi) is 4.64. The maximum absolute atomic E-state index is 10.8. The minimum atomic E-state index is -0.823. The SMILES string of the molecule is CCC(COc1ccc(OC)cc1)C(=O)O. The van der Waals surface area contributed by atoms with Crippen molar-refractivity contribution in [1.29, 1.82) is 0 Å². The molecule has 16 heavy (non-hydrogen) atoms. The molecule has 0 aromatic heterocycles. The van der Waals surface area contributed by atoms with E-state index in [2.05, 4.69) is 0 Å². The first-order chi connectivity index (χ1) is 7.67. The molecule has 0 amide bonds. The fourth-order valence-electron chi connectivity index (χ4n) is 1.23. The molecule has 0 spiro atoms. The lowest BCUT2D eigenvalue weighted by atomic mass is 10.1. The van der Waals surface area contributed by atoms with Crippen LogP contribution in [0.15, 0.2) is 24.3 Å². The zero-order chi connectivity index (χ0) is 12.0. The van der Waals surface area contributed by atoms with Gasteiger partial charge in [0, 0.05) is 0 Å². The Balaban J connectivity index is 2.50. The lowest BCUT2D eigenvalue weighted by Gasteiger charge is -2.11. The second-order valence-electron chi connectivity index (χ2n) is 3.43. The van der Waals surface area contributed by atoms with E-state index >= 15 is 0 Å². The van der Waals surface area contributed by atoms with E-state index < -0.39 is 11.9 Å². The van der Waals surface area contributed by atoms with Crippen LogP contribution in [0.5, 0.6) is 11.5 Å². The first-order valence-electron chi connectivity index (χ1n) is 5.17. The second-order valence-corrected chi connectivity index (χ2v) is 3.43. The zero-order valence-corrected chi connectivity index (χ0v) is 9.47. The van der Waals surface area contributed by atoms with Gasteiger partial charge in [0.15, 0.2) is 0 Å². The highest BCUT2D eigenvalue weighted by atomic mass is 16.5. The van der Waals surface area contributed by atoms with E-state index in [-0.39, 0.29) is 6.61 Å². The molecule has 0 saturated heterocycles. The van der Waals surface area contributed by atoms with Gasteiger partial charge in [-0.3, -0.25) is 4.79 Å². The first-order valence-corrected chi connectivity index (χ1v) is 5.17. The van der Waals surface area contributed by atoms with Crippen LogP contribution >= 0.6 is 0 Å². The number of rotatable bonds is 6. The predicted octanol–water partition coefficient (Wildman–Crippen LogP) is 2.18. The van der Waals surface area contributed by atoms with Crippen molar-refractivity contribution in [3.8, 4) is 11.5 Å². The third-order valence-electron chi connectivity index (χ3n) is 2.35. The van der Waals surface area contributed by atoms with E-state index in [9.17, 15) is 4.79 Å². The highest BCUT2D eigenvalue weighted by Crippen LogP contribution is 2.18.